The average Bonchev–Trinajstić information content (AvgIpc) is 2.80. The second kappa shape index (κ2) is 4.84. The van der Waals surface area contributed by atoms with Gasteiger partial charge in [-0.2, -0.15) is 0 Å². The smallest absolute Gasteiger partial charge is 0.255 e. The Morgan fingerprint density at radius 3 is 2.82 bits per heavy atom. The van der Waals surface area contributed by atoms with Gasteiger partial charge >= 0.3 is 0 Å². The molecule has 0 saturated carbocycles. The van der Waals surface area contributed by atoms with Crippen molar-refractivity contribution in [1.29, 1.82) is 0 Å². The van der Waals surface area contributed by atoms with Gasteiger partial charge in [-0.05, 0) is 38.9 Å². The van der Waals surface area contributed by atoms with Gasteiger partial charge in [-0.25, -0.2) is 0 Å². The van der Waals surface area contributed by atoms with Crippen molar-refractivity contribution in [2.75, 3.05) is 20.1 Å². The van der Waals surface area contributed by atoms with E-state index in [4.69, 9.17) is 0 Å². The summed E-state index contributed by atoms with van der Waals surface area (Å²) in [5, 5.41) is 3.27. The quantitative estimate of drug-likeness (QED) is 0.833. The van der Waals surface area contributed by atoms with Crippen LogP contribution in [0, 0.1) is 13.8 Å². The van der Waals surface area contributed by atoms with Gasteiger partial charge in [0.25, 0.3) is 5.91 Å². The molecule has 0 spiro atoms. The number of carbonyl (C=O) groups excluding carboxylic acids is 1. The Morgan fingerprint density at radius 1 is 1.47 bits per heavy atom. The number of hydrogen-bond acceptors (Lipinski definition) is 3. The van der Waals surface area contributed by atoms with E-state index in [-0.39, 0.29) is 5.91 Å². The third-order valence-electron chi connectivity index (χ3n) is 3.36. The molecule has 2 rings (SSSR count). The van der Waals surface area contributed by atoms with Gasteiger partial charge in [-0.3, -0.25) is 9.78 Å². The van der Waals surface area contributed by atoms with E-state index in [9.17, 15) is 4.79 Å². The number of rotatable bonds is 2. The summed E-state index contributed by atoms with van der Waals surface area (Å²) in [6.45, 7) is 5.71. The van der Waals surface area contributed by atoms with Crippen molar-refractivity contribution < 1.29 is 4.79 Å². The lowest BCUT2D eigenvalue weighted by atomic mass is 10.1. The van der Waals surface area contributed by atoms with Gasteiger partial charge in [0.2, 0.25) is 0 Å². The molecule has 0 bridgehead atoms. The second-order valence-electron chi connectivity index (χ2n) is 4.65. The molecular weight excluding hydrogens is 214 g/mol. The number of hydrogen-bond donors (Lipinski definition) is 1. The van der Waals surface area contributed by atoms with Gasteiger partial charge in [0.15, 0.2) is 0 Å². The van der Waals surface area contributed by atoms with Crippen LogP contribution >= 0.6 is 0 Å². The highest BCUT2D eigenvalue weighted by Gasteiger charge is 2.24. The van der Waals surface area contributed by atoms with Gasteiger partial charge in [0, 0.05) is 25.3 Å². The third-order valence-corrected chi connectivity index (χ3v) is 3.36. The van der Waals surface area contributed by atoms with Crippen molar-refractivity contribution >= 4 is 5.91 Å². The maximum atomic E-state index is 12.3. The summed E-state index contributed by atoms with van der Waals surface area (Å²) in [7, 11) is 1.87. The Morgan fingerprint density at radius 2 is 2.24 bits per heavy atom. The minimum atomic E-state index is 0.0729. The van der Waals surface area contributed by atoms with Crippen molar-refractivity contribution in [3.63, 3.8) is 0 Å². The largest absolute Gasteiger partial charge is 0.337 e. The fourth-order valence-electron chi connectivity index (χ4n) is 2.24. The van der Waals surface area contributed by atoms with Gasteiger partial charge in [0.05, 0.1) is 11.3 Å². The number of nitrogens with zero attached hydrogens (tertiary/aromatic N) is 2. The van der Waals surface area contributed by atoms with Crippen LogP contribution in [0.15, 0.2) is 12.1 Å². The lowest BCUT2D eigenvalue weighted by Gasteiger charge is -2.24. The first-order valence-corrected chi connectivity index (χ1v) is 6.01. The van der Waals surface area contributed by atoms with E-state index in [2.05, 4.69) is 10.3 Å². The minimum absolute atomic E-state index is 0.0729. The van der Waals surface area contributed by atoms with Gasteiger partial charge in [-0.1, -0.05) is 0 Å². The molecule has 1 saturated heterocycles. The van der Waals surface area contributed by atoms with Crippen molar-refractivity contribution in [2.24, 2.45) is 0 Å². The monoisotopic (exact) mass is 233 g/mol. The van der Waals surface area contributed by atoms with Crippen molar-refractivity contribution in [1.82, 2.24) is 15.2 Å². The topological polar surface area (TPSA) is 45.2 Å². The summed E-state index contributed by atoms with van der Waals surface area (Å²) in [6, 6.07) is 4.07. The van der Waals surface area contributed by atoms with Gasteiger partial charge < -0.3 is 10.2 Å². The van der Waals surface area contributed by atoms with E-state index in [1.54, 1.807) is 0 Å². The molecule has 92 valence electrons. The number of carbonyl (C=O) groups is 1. The summed E-state index contributed by atoms with van der Waals surface area (Å²) < 4.78 is 0. The molecule has 2 heterocycles. The molecule has 0 radical (unpaired) electrons. The van der Waals surface area contributed by atoms with Crippen LogP contribution in [0.4, 0.5) is 0 Å². The number of likely N-dealkylation sites (N-methyl/N-ethyl adjacent to an activating group) is 1. The maximum absolute atomic E-state index is 12.3. The zero-order valence-corrected chi connectivity index (χ0v) is 10.7. The third kappa shape index (κ3) is 2.47. The van der Waals surface area contributed by atoms with Crippen LogP contribution in [0.1, 0.15) is 28.2 Å². The van der Waals surface area contributed by atoms with Gasteiger partial charge in [-0.15, -0.1) is 0 Å². The number of pyridine rings is 1. The molecule has 0 aromatic carbocycles. The molecule has 0 unspecified atom stereocenters. The molecule has 1 amide bonds. The van der Waals surface area contributed by atoms with Crippen molar-refractivity contribution in [3.05, 3.63) is 29.1 Å². The first-order valence-electron chi connectivity index (χ1n) is 6.01. The molecule has 1 N–H and O–H groups in total. The summed E-state index contributed by atoms with van der Waals surface area (Å²) >= 11 is 0. The molecule has 4 nitrogen and oxygen atoms in total. The standard InChI is InChI=1S/C13H19N3O/c1-9-4-5-12(10(2)15-9)13(17)16(3)11-6-7-14-8-11/h4-5,11,14H,6-8H2,1-3H3/t11-/m1/s1. The van der Waals surface area contributed by atoms with E-state index in [1.165, 1.54) is 0 Å². The van der Waals surface area contributed by atoms with Crippen molar-refractivity contribution in [3.8, 4) is 0 Å². The number of aryl methyl sites for hydroxylation is 2. The minimum Gasteiger partial charge on any atom is -0.337 e. The van der Waals surface area contributed by atoms with Crippen LogP contribution < -0.4 is 5.32 Å². The molecule has 1 fully saturated rings. The van der Waals surface area contributed by atoms with E-state index in [0.29, 0.717) is 11.6 Å². The van der Waals surface area contributed by atoms with E-state index in [0.717, 1.165) is 30.9 Å². The van der Waals surface area contributed by atoms with Crippen LogP contribution in [0.2, 0.25) is 0 Å². The lowest BCUT2D eigenvalue weighted by molar-refractivity contribution is 0.0742. The Hall–Kier alpha value is -1.42. The molecule has 1 aliphatic rings. The molecular formula is C13H19N3O. The van der Waals surface area contributed by atoms with Crippen LogP contribution in [0.3, 0.4) is 0 Å². The Labute approximate surface area is 102 Å². The molecule has 1 aromatic heterocycles. The molecule has 1 aliphatic heterocycles. The average molecular weight is 233 g/mol. The molecule has 1 atom stereocenters. The highest BCUT2D eigenvalue weighted by atomic mass is 16.2. The SMILES string of the molecule is Cc1ccc(C(=O)N(C)[C@@H]2CCNC2)c(C)n1. The fourth-order valence-corrected chi connectivity index (χ4v) is 2.24. The maximum Gasteiger partial charge on any atom is 0.255 e. The van der Waals surface area contributed by atoms with Crippen LogP contribution in [-0.2, 0) is 0 Å². The highest BCUT2D eigenvalue weighted by molar-refractivity contribution is 5.95. The molecule has 17 heavy (non-hydrogen) atoms. The van der Waals surface area contributed by atoms with Crippen molar-refractivity contribution in [2.45, 2.75) is 26.3 Å². The number of nitrogens with one attached hydrogen (secondary N) is 1. The summed E-state index contributed by atoms with van der Waals surface area (Å²) in [5.41, 5.74) is 2.47. The van der Waals surface area contributed by atoms with Crippen LogP contribution in [0.25, 0.3) is 0 Å². The zero-order chi connectivity index (χ0) is 12.4. The fraction of sp³-hybridized carbons (Fsp3) is 0.538. The molecule has 4 heteroatoms. The second-order valence-corrected chi connectivity index (χ2v) is 4.65. The lowest BCUT2D eigenvalue weighted by Crippen LogP contribution is -2.38. The Bertz CT molecular complexity index is 425. The summed E-state index contributed by atoms with van der Waals surface area (Å²) in [5.74, 6) is 0.0729. The first kappa shape index (κ1) is 12.0. The Balaban J connectivity index is 2.18. The normalized spacial score (nSPS) is 19.4. The number of aromatic nitrogens is 1. The van der Waals surface area contributed by atoms with E-state index in [1.807, 2.05) is 37.9 Å². The Kier molecular flexibility index (Phi) is 3.43. The van der Waals surface area contributed by atoms with Crippen LogP contribution in [-0.4, -0.2) is 42.0 Å². The van der Waals surface area contributed by atoms with E-state index >= 15 is 0 Å². The molecule has 0 aliphatic carbocycles. The predicted molar refractivity (Wildman–Crippen MR) is 67.1 cm³/mol. The van der Waals surface area contributed by atoms with Crippen LogP contribution in [0.5, 0.6) is 0 Å². The highest BCUT2D eigenvalue weighted by Crippen LogP contribution is 2.13. The first-order chi connectivity index (χ1) is 8.09. The summed E-state index contributed by atoms with van der Waals surface area (Å²) in [4.78, 5) is 18.5. The van der Waals surface area contributed by atoms with Gasteiger partial charge in [0.1, 0.15) is 0 Å². The number of amides is 1. The summed E-state index contributed by atoms with van der Waals surface area (Å²) in [6.07, 6.45) is 1.03. The predicted octanol–water partition coefficient (Wildman–Crippen LogP) is 1.13. The molecule has 1 aromatic rings. The zero-order valence-electron chi connectivity index (χ0n) is 10.7. The van der Waals surface area contributed by atoms with E-state index < -0.39 is 0 Å².